The van der Waals surface area contributed by atoms with Crippen molar-refractivity contribution in [3.05, 3.63) is 43.6 Å². The van der Waals surface area contributed by atoms with E-state index in [4.69, 9.17) is 32.9 Å². The molecule has 1 saturated heterocycles. The molecule has 3 aromatic rings. The molecule has 0 N–H and O–H groups in total. The first-order valence-electron chi connectivity index (χ1n) is 8.69. The smallest absolute Gasteiger partial charge is 0.262 e. The molecular formula is C19H18Cl2N2O2S2. The second-order valence-corrected chi connectivity index (χ2v) is 9.93. The van der Waals surface area contributed by atoms with Crippen LogP contribution in [0.5, 0.6) is 0 Å². The minimum Gasteiger partial charge on any atom is -0.376 e. The number of carbonyl (C=O) groups is 1. The number of hydrogen-bond donors (Lipinski definition) is 0. The average molecular weight is 441 g/mol. The van der Waals surface area contributed by atoms with Gasteiger partial charge in [-0.3, -0.25) is 9.69 Å². The Morgan fingerprint density at radius 2 is 2.07 bits per heavy atom. The molecule has 1 atom stereocenters. The summed E-state index contributed by atoms with van der Waals surface area (Å²) in [6.07, 6.45) is 1.96. The van der Waals surface area contributed by atoms with Gasteiger partial charge in [0.05, 0.1) is 32.8 Å². The zero-order valence-electron chi connectivity index (χ0n) is 14.9. The second kappa shape index (κ2) is 7.68. The third-order valence-electron chi connectivity index (χ3n) is 4.70. The summed E-state index contributed by atoms with van der Waals surface area (Å²) < 4.78 is 7.77. The van der Waals surface area contributed by atoms with Gasteiger partial charge in [0, 0.05) is 6.61 Å². The van der Waals surface area contributed by atoms with E-state index in [0.717, 1.165) is 40.8 Å². The highest BCUT2D eigenvalue weighted by molar-refractivity contribution is 7.22. The van der Waals surface area contributed by atoms with Crippen LogP contribution in [0.4, 0.5) is 5.13 Å². The number of thiazole rings is 1. The molecule has 2 aromatic heterocycles. The Labute approximate surface area is 175 Å². The number of thiophene rings is 1. The number of aryl methyl sites for hydroxylation is 2. The summed E-state index contributed by atoms with van der Waals surface area (Å²) in [5.74, 6) is -0.187. The highest BCUT2D eigenvalue weighted by atomic mass is 35.5. The molecule has 27 heavy (non-hydrogen) atoms. The van der Waals surface area contributed by atoms with Crippen molar-refractivity contribution < 1.29 is 9.53 Å². The van der Waals surface area contributed by atoms with E-state index in [0.29, 0.717) is 25.9 Å². The van der Waals surface area contributed by atoms with Gasteiger partial charge >= 0.3 is 0 Å². The van der Waals surface area contributed by atoms with Crippen molar-refractivity contribution in [2.75, 3.05) is 18.1 Å². The summed E-state index contributed by atoms with van der Waals surface area (Å²) >= 11 is 15.0. The lowest BCUT2D eigenvalue weighted by Crippen LogP contribution is -2.37. The van der Waals surface area contributed by atoms with E-state index in [2.05, 4.69) is 19.1 Å². The number of halogens is 2. The van der Waals surface area contributed by atoms with Crippen LogP contribution >= 0.6 is 45.9 Å². The van der Waals surface area contributed by atoms with Gasteiger partial charge in [-0.25, -0.2) is 4.98 Å². The molecule has 0 radical (unpaired) electrons. The summed E-state index contributed by atoms with van der Waals surface area (Å²) in [7, 11) is 0. The first-order valence-corrected chi connectivity index (χ1v) is 11.1. The number of hydrogen-bond acceptors (Lipinski definition) is 5. The lowest BCUT2D eigenvalue weighted by atomic mass is 10.1. The largest absolute Gasteiger partial charge is 0.376 e. The zero-order valence-corrected chi connectivity index (χ0v) is 18.1. The Morgan fingerprint density at radius 1 is 1.30 bits per heavy atom. The Morgan fingerprint density at radius 3 is 2.70 bits per heavy atom. The van der Waals surface area contributed by atoms with Crippen LogP contribution in [-0.4, -0.2) is 30.1 Å². The van der Waals surface area contributed by atoms with Crippen LogP contribution in [0.15, 0.2) is 18.2 Å². The number of carbonyl (C=O) groups excluding carboxylic acids is 1. The van der Waals surface area contributed by atoms with Crippen molar-refractivity contribution in [2.45, 2.75) is 32.8 Å². The summed E-state index contributed by atoms with van der Waals surface area (Å²) in [6, 6.07) is 5.77. The minimum atomic E-state index is -0.187. The number of nitrogens with zero attached hydrogens (tertiary/aromatic N) is 2. The summed E-state index contributed by atoms with van der Waals surface area (Å²) in [5.41, 5.74) is 3.60. The fourth-order valence-corrected chi connectivity index (χ4v) is 5.80. The Hall–Kier alpha value is -1.18. The molecule has 142 valence electrons. The number of amides is 1. The molecular weight excluding hydrogens is 423 g/mol. The maximum absolute atomic E-state index is 13.3. The van der Waals surface area contributed by atoms with Gasteiger partial charge in [-0.15, -0.1) is 11.3 Å². The molecule has 0 spiro atoms. The molecule has 0 bridgehead atoms. The first-order chi connectivity index (χ1) is 12.9. The molecule has 8 heteroatoms. The normalized spacial score (nSPS) is 17.0. The second-order valence-electron chi connectivity index (χ2n) is 6.66. The van der Waals surface area contributed by atoms with E-state index in [1.165, 1.54) is 22.7 Å². The number of benzene rings is 1. The highest BCUT2D eigenvalue weighted by Crippen LogP contribution is 2.37. The van der Waals surface area contributed by atoms with Crippen molar-refractivity contribution in [2.24, 2.45) is 0 Å². The SMILES string of the molecule is Cc1ccc(C)c2sc(N(C[C@@H]3CCCO3)C(=O)c3cc(Cl)sc3Cl)nc12. The molecule has 1 aliphatic rings. The van der Waals surface area contributed by atoms with Crippen LogP contribution < -0.4 is 4.90 Å². The van der Waals surface area contributed by atoms with Gasteiger partial charge in [0.15, 0.2) is 5.13 Å². The van der Waals surface area contributed by atoms with E-state index in [1.807, 2.05) is 6.92 Å². The summed E-state index contributed by atoms with van der Waals surface area (Å²) in [5, 5.41) is 0.668. The number of aromatic nitrogens is 1. The monoisotopic (exact) mass is 440 g/mol. The van der Waals surface area contributed by atoms with E-state index >= 15 is 0 Å². The van der Waals surface area contributed by atoms with Crippen LogP contribution in [0.2, 0.25) is 8.67 Å². The highest BCUT2D eigenvalue weighted by Gasteiger charge is 2.29. The summed E-state index contributed by atoms with van der Waals surface area (Å²) in [4.78, 5) is 19.8. The lowest BCUT2D eigenvalue weighted by molar-refractivity contribution is 0.0918. The standard InChI is InChI=1S/C19H18Cl2N2O2S2/c1-10-5-6-11(2)16-15(10)22-19(27-16)23(9-12-4-3-7-25-12)18(24)13-8-14(20)26-17(13)21/h5-6,8,12H,3-4,7,9H2,1-2H3/t12-/m0/s1. The van der Waals surface area contributed by atoms with Crippen molar-refractivity contribution in [1.82, 2.24) is 4.98 Å². The molecule has 1 aliphatic heterocycles. The van der Waals surface area contributed by atoms with Crippen LogP contribution in [0, 0.1) is 13.8 Å². The van der Waals surface area contributed by atoms with E-state index in [9.17, 15) is 4.79 Å². The zero-order chi connectivity index (χ0) is 19.1. The molecule has 1 aromatic carbocycles. The van der Waals surface area contributed by atoms with Crippen molar-refractivity contribution in [3.63, 3.8) is 0 Å². The molecule has 0 saturated carbocycles. The van der Waals surface area contributed by atoms with E-state index in [1.54, 1.807) is 11.0 Å². The number of anilines is 1. The minimum absolute atomic E-state index is 0.0102. The Balaban J connectivity index is 1.77. The van der Waals surface area contributed by atoms with E-state index in [-0.39, 0.29) is 12.0 Å². The van der Waals surface area contributed by atoms with Gasteiger partial charge in [-0.05, 0) is 43.9 Å². The fourth-order valence-electron chi connectivity index (χ4n) is 3.23. The number of rotatable bonds is 4. The van der Waals surface area contributed by atoms with Gasteiger partial charge < -0.3 is 4.74 Å². The third kappa shape index (κ3) is 3.74. The Bertz CT molecular complexity index is 970. The van der Waals surface area contributed by atoms with Gasteiger partial charge in [0.2, 0.25) is 0 Å². The molecule has 3 heterocycles. The molecule has 0 aliphatic carbocycles. The van der Waals surface area contributed by atoms with Crippen molar-refractivity contribution >= 4 is 67.1 Å². The quantitative estimate of drug-likeness (QED) is 0.491. The first kappa shape index (κ1) is 19.2. The maximum atomic E-state index is 13.3. The van der Waals surface area contributed by atoms with Gasteiger partial charge in [-0.1, -0.05) is 46.7 Å². The Kier molecular flexibility index (Phi) is 5.45. The predicted molar refractivity (Wildman–Crippen MR) is 114 cm³/mol. The van der Waals surface area contributed by atoms with Crippen molar-refractivity contribution in [3.8, 4) is 0 Å². The summed E-state index contributed by atoms with van der Waals surface area (Å²) in [6.45, 7) is 5.29. The van der Waals surface area contributed by atoms with Gasteiger partial charge in [0.25, 0.3) is 5.91 Å². The topological polar surface area (TPSA) is 42.4 Å². The molecule has 4 rings (SSSR count). The molecule has 4 nitrogen and oxygen atoms in total. The van der Waals surface area contributed by atoms with E-state index < -0.39 is 0 Å². The number of ether oxygens (including phenoxy) is 1. The number of fused-ring (bicyclic) bond motifs is 1. The van der Waals surface area contributed by atoms with Crippen LogP contribution in [0.3, 0.4) is 0 Å². The van der Waals surface area contributed by atoms with Crippen LogP contribution in [-0.2, 0) is 4.74 Å². The fraction of sp³-hybridized carbons (Fsp3) is 0.368. The third-order valence-corrected chi connectivity index (χ3v) is 7.41. The lowest BCUT2D eigenvalue weighted by Gasteiger charge is -2.22. The predicted octanol–water partition coefficient (Wildman–Crippen LogP) is 6.11. The molecule has 1 fully saturated rings. The van der Waals surface area contributed by atoms with Crippen LogP contribution in [0.1, 0.15) is 34.3 Å². The maximum Gasteiger partial charge on any atom is 0.262 e. The van der Waals surface area contributed by atoms with Crippen LogP contribution in [0.25, 0.3) is 10.2 Å². The molecule has 1 amide bonds. The van der Waals surface area contributed by atoms with Crippen molar-refractivity contribution in [1.29, 1.82) is 0 Å². The average Bonchev–Trinajstić information content (AvgIpc) is 3.35. The van der Waals surface area contributed by atoms with Gasteiger partial charge in [-0.2, -0.15) is 0 Å². The van der Waals surface area contributed by atoms with Gasteiger partial charge in [0.1, 0.15) is 4.34 Å². The molecule has 0 unspecified atom stereocenters.